The van der Waals surface area contributed by atoms with E-state index in [9.17, 15) is 4.79 Å². The van der Waals surface area contributed by atoms with Crippen molar-refractivity contribution >= 4 is 34.8 Å². The number of anilines is 3. The number of nitrogens with zero attached hydrogens (tertiary/aromatic N) is 5. The van der Waals surface area contributed by atoms with Gasteiger partial charge in [0.25, 0.3) is 0 Å². The zero-order valence-corrected chi connectivity index (χ0v) is 19.3. The van der Waals surface area contributed by atoms with E-state index in [4.69, 9.17) is 11.6 Å². The molecule has 31 heavy (non-hydrogen) atoms. The van der Waals surface area contributed by atoms with Crippen molar-refractivity contribution in [2.45, 2.75) is 32.1 Å². The smallest absolute Gasteiger partial charge is 0.229 e. The van der Waals surface area contributed by atoms with Gasteiger partial charge in [0.2, 0.25) is 5.95 Å². The van der Waals surface area contributed by atoms with Crippen LogP contribution in [0.15, 0.2) is 30.7 Å². The molecule has 168 valence electrons. The van der Waals surface area contributed by atoms with E-state index >= 15 is 0 Å². The summed E-state index contributed by atoms with van der Waals surface area (Å²) in [6.45, 7) is 1.57. The summed E-state index contributed by atoms with van der Waals surface area (Å²) >= 11 is 6.30. The molecule has 1 aliphatic carbocycles. The molecule has 0 amide bonds. The summed E-state index contributed by atoms with van der Waals surface area (Å²) in [7, 11) is 5.84. The summed E-state index contributed by atoms with van der Waals surface area (Å²) < 4.78 is 1.71. The summed E-state index contributed by atoms with van der Waals surface area (Å²) in [4.78, 5) is 23.0. The Hall–Kier alpha value is -2.45. The number of hydrogen-bond acceptors (Lipinski definition) is 7. The second-order valence-electron chi connectivity index (χ2n) is 8.53. The van der Waals surface area contributed by atoms with E-state index < -0.39 is 0 Å². The van der Waals surface area contributed by atoms with Crippen molar-refractivity contribution in [3.05, 3.63) is 35.8 Å². The van der Waals surface area contributed by atoms with Crippen LogP contribution in [-0.4, -0.2) is 57.6 Å². The summed E-state index contributed by atoms with van der Waals surface area (Å²) in [5.41, 5.74) is 0.815. The first-order valence-corrected chi connectivity index (χ1v) is 11.1. The second-order valence-corrected chi connectivity index (χ2v) is 8.94. The van der Waals surface area contributed by atoms with Crippen LogP contribution in [0.3, 0.4) is 0 Å². The highest BCUT2D eigenvalue weighted by Gasteiger charge is 2.23. The fraction of sp³-hybridized carbons (Fsp3) is 0.545. The van der Waals surface area contributed by atoms with E-state index in [1.165, 1.54) is 0 Å². The van der Waals surface area contributed by atoms with E-state index in [-0.39, 0.29) is 5.78 Å². The molecule has 1 fully saturated rings. The highest BCUT2D eigenvalue weighted by atomic mass is 35.5. The monoisotopic (exact) mass is 445 g/mol. The number of rotatable bonds is 10. The van der Waals surface area contributed by atoms with Gasteiger partial charge in [-0.3, -0.25) is 9.48 Å². The molecular formula is C22H32ClN7O. The first-order valence-electron chi connectivity index (χ1n) is 10.7. The molecule has 3 rings (SSSR count). The highest BCUT2D eigenvalue weighted by molar-refractivity contribution is 6.32. The minimum atomic E-state index is 0.227. The lowest BCUT2D eigenvalue weighted by Gasteiger charge is -2.29. The Morgan fingerprint density at radius 3 is 2.87 bits per heavy atom. The SMILES string of the molecule is CN(C)C/C=C/C(=O)C[C@@H]1CCC[C@@H](CNc2nc(Nc3cnn(C)c3)ncc2Cl)C1. The van der Waals surface area contributed by atoms with Crippen molar-refractivity contribution in [2.75, 3.05) is 37.8 Å². The lowest BCUT2D eigenvalue weighted by Crippen LogP contribution is -2.24. The summed E-state index contributed by atoms with van der Waals surface area (Å²) in [5.74, 6) is 2.26. The van der Waals surface area contributed by atoms with Crippen molar-refractivity contribution in [1.82, 2.24) is 24.6 Å². The van der Waals surface area contributed by atoms with Gasteiger partial charge >= 0.3 is 0 Å². The molecule has 2 aromatic heterocycles. The maximum Gasteiger partial charge on any atom is 0.229 e. The van der Waals surface area contributed by atoms with Crippen LogP contribution in [0, 0.1) is 11.8 Å². The van der Waals surface area contributed by atoms with Gasteiger partial charge in [-0.1, -0.05) is 24.1 Å². The zero-order chi connectivity index (χ0) is 22.2. The number of hydrogen-bond donors (Lipinski definition) is 2. The Morgan fingerprint density at radius 2 is 2.13 bits per heavy atom. The van der Waals surface area contributed by atoms with Gasteiger partial charge in [-0.15, -0.1) is 0 Å². The Kier molecular flexibility index (Phi) is 8.43. The second kappa shape index (κ2) is 11.2. The minimum Gasteiger partial charge on any atom is -0.368 e. The first kappa shape index (κ1) is 23.2. The average molecular weight is 446 g/mol. The van der Waals surface area contributed by atoms with Crippen molar-refractivity contribution < 1.29 is 4.79 Å². The van der Waals surface area contributed by atoms with Gasteiger partial charge in [0.05, 0.1) is 18.1 Å². The minimum absolute atomic E-state index is 0.227. The molecule has 1 aliphatic rings. The van der Waals surface area contributed by atoms with Crippen LogP contribution >= 0.6 is 11.6 Å². The summed E-state index contributed by atoms with van der Waals surface area (Å²) in [6.07, 6.45) is 13.9. The summed E-state index contributed by atoms with van der Waals surface area (Å²) in [5, 5.41) is 11.1. The number of carbonyl (C=O) groups is 1. The molecule has 0 unspecified atom stereocenters. The molecule has 0 bridgehead atoms. The third-order valence-electron chi connectivity index (χ3n) is 5.42. The van der Waals surface area contributed by atoms with Crippen molar-refractivity contribution in [3.63, 3.8) is 0 Å². The quantitative estimate of drug-likeness (QED) is 0.536. The van der Waals surface area contributed by atoms with Crippen LogP contribution in [0.5, 0.6) is 0 Å². The van der Waals surface area contributed by atoms with Crippen LogP contribution in [0.25, 0.3) is 0 Å². The largest absolute Gasteiger partial charge is 0.368 e. The number of halogens is 1. The third-order valence-corrected chi connectivity index (χ3v) is 5.70. The lowest BCUT2D eigenvalue weighted by atomic mass is 9.79. The van der Waals surface area contributed by atoms with Crippen molar-refractivity contribution in [3.8, 4) is 0 Å². The Labute approximate surface area is 189 Å². The molecule has 1 saturated carbocycles. The number of nitrogens with one attached hydrogen (secondary N) is 2. The van der Waals surface area contributed by atoms with Gasteiger partial charge < -0.3 is 15.5 Å². The molecule has 2 atom stereocenters. The fourth-order valence-corrected chi connectivity index (χ4v) is 4.09. The molecule has 2 heterocycles. The molecule has 9 heteroatoms. The third kappa shape index (κ3) is 7.63. The van der Waals surface area contributed by atoms with Gasteiger partial charge in [0, 0.05) is 32.8 Å². The lowest BCUT2D eigenvalue weighted by molar-refractivity contribution is -0.115. The molecule has 2 aromatic rings. The molecule has 0 radical (unpaired) electrons. The zero-order valence-electron chi connectivity index (χ0n) is 18.5. The molecule has 0 aliphatic heterocycles. The topological polar surface area (TPSA) is 88.0 Å². The number of carbonyl (C=O) groups excluding carboxylic acids is 1. The average Bonchev–Trinajstić information content (AvgIpc) is 3.13. The van der Waals surface area contributed by atoms with E-state index in [1.54, 1.807) is 23.2 Å². The van der Waals surface area contributed by atoms with E-state index in [0.717, 1.165) is 44.5 Å². The number of aryl methyl sites for hydroxylation is 1. The normalized spacial score (nSPS) is 19.1. The van der Waals surface area contributed by atoms with E-state index in [0.29, 0.717) is 35.0 Å². The fourth-order valence-electron chi connectivity index (χ4n) is 3.93. The Balaban J connectivity index is 1.50. The van der Waals surface area contributed by atoms with Crippen LogP contribution in [-0.2, 0) is 11.8 Å². The number of ketones is 1. The van der Waals surface area contributed by atoms with Gasteiger partial charge in [0.1, 0.15) is 5.02 Å². The molecule has 8 nitrogen and oxygen atoms in total. The van der Waals surface area contributed by atoms with Crippen LogP contribution in [0.2, 0.25) is 5.02 Å². The van der Waals surface area contributed by atoms with Gasteiger partial charge in [0.15, 0.2) is 11.6 Å². The molecule has 0 spiro atoms. The van der Waals surface area contributed by atoms with Gasteiger partial charge in [-0.2, -0.15) is 10.1 Å². The standard InChI is InChI=1S/C22H32ClN7O/c1-29(2)9-5-8-19(31)11-16-6-4-7-17(10-16)12-24-21-20(23)14-25-22(28-21)27-18-13-26-30(3)15-18/h5,8,13-17H,4,6-7,9-12H2,1-3H3,(H2,24,25,27,28)/b8-5+/t16-,17-/m1/s1. The predicted molar refractivity (Wildman–Crippen MR) is 125 cm³/mol. The Bertz CT molecular complexity index is 896. The number of aromatic nitrogens is 4. The maximum absolute atomic E-state index is 12.2. The highest BCUT2D eigenvalue weighted by Crippen LogP contribution is 2.32. The molecule has 2 N–H and O–H groups in total. The van der Waals surface area contributed by atoms with Crippen LogP contribution in [0.1, 0.15) is 32.1 Å². The van der Waals surface area contributed by atoms with Crippen LogP contribution < -0.4 is 10.6 Å². The number of allylic oxidation sites excluding steroid dienone is 1. The molecule has 0 aromatic carbocycles. The number of likely N-dealkylation sites (N-methyl/N-ethyl adjacent to an activating group) is 1. The first-order chi connectivity index (χ1) is 14.9. The van der Waals surface area contributed by atoms with Crippen LogP contribution in [0.4, 0.5) is 17.5 Å². The van der Waals surface area contributed by atoms with E-state index in [1.807, 2.05) is 38.3 Å². The van der Waals surface area contributed by atoms with Gasteiger partial charge in [-0.25, -0.2) is 4.98 Å². The maximum atomic E-state index is 12.2. The molecular weight excluding hydrogens is 414 g/mol. The summed E-state index contributed by atoms with van der Waals surface area (Å²) in [6, 6.07) is 0. The van der Waals surface area contributed by atoms with Crippen molar-refractivity contribution in [2.24, 2.45) is 18.9 Å². The van der Waals surface area contributed by atoms with Gasteiger partial charge in [-0.05, 0) is 51.3 Å². The molecule has 0 saturated heterocycles. The van der Waals surface area contributed by atoms with E-state index in [2.05, 4.69) is 25.7 Å². The predicted octanol–water partition coefficient (Wildman–Crippen LogP) is 3.90. The Morgan fingerprint density at radius 1 is 1.32 bits per heavy atom. The van der Waals surface area contributed by atoms with Crippen molar-refractivity contribution in [1.29, 1.82) is 0 Å².